The first-order chi connectivity index (χ1) is 8.22. The van der Waals surface area contributed by atoms with Crippen molar-refractivity contribution >= 4 is 24.1 Å². The summed E-state index contributed by atoms with van der Waals surface area (Å²) in [5.41, 5.74) is 1.28. The Hall–Kier alpha value is -2.43. The van der Waals surface area contributed by atoms with E-state index in [2.05, 4.69) is 4.74 Å². The van der Waals surface area contributed by atoms with Crippen LogP contribution in [0.3, 0.4) is 0 Å². The van der Waals surface area contributed by atoms with E-state index in [1.54, 1.807) is 18.2 Å². The van der Waals surface area contributed by atoms with Crippen molar-refractivity contribution in [2.45, 2.75) is 0 Å². The largest absolute Gasteiger partial charge is 0.465 e. The summed E-state index contributed by atoms with van der Waals surface area (Å²) in [6.07, 6.45) is 1.22. The number of rotatable bonds is 3. The molecule has 17 heavy (non-hydrogen) atoms. The van der Waals surface area contributed by atoms with Crippen molar-refractivity contribution in [1.82, 2.24) is 4.40 Å². The Kier molecular flexibility index (Phi) is 2.74. The normalized spacial score (nSPS) is 10.2. The second-order valence-corrected chi connectivity index (χ2v) is 3.38. The molecule has 0 atom stereocenters. The van der Waals surface area contributed by atoms with Crippen LogP contribution < -0.4 is 0 Å². The van der Waals surface area contributed by atoms with Crippen LogP contribution in [0.15, 0.2) is 24.3 Å². The topological polar surface area (TPSA) is 64.8 Å². The molecule has 2 rings (SSSR count). The van der Waals surface area contributed by atoms with Crippen molar-refractivity contribution in [3.63, 3.8) is 0 Å². The van der Waals surface area contributed by atoms with E-state index in [-0.39, 0.29) is 11.3 Å². The third-order valence-electron chi connectivity index (χ3n) is 2.49. The van der Waals surface area contributed by atoms with Gasteiger partial charge in [0.15, 0.2) is 12.6 Å². The van der Waals surface area contributed by atoms with Crippen LogP contribution in [0.2, 0.25) is 0 Å². The van der Waals surface area contributed by atoms with Gasteiger partial charge in [-0.1, -0.05) is 6.07 Å². The minimum absolute atomic E-state index is 0.239. The molecular formula is C12H9NO4. The van der Waals surface area contributed by atoms with Gasteiger partial charge in [-0.25, -0.2) is 4.79 Å². The Morgan fingerprint density at radius 1 is 1.24 bits per heavy atom. The Bertz CT molecular complexity index is 612. The molecule has 5 nitrogen and oxygen atoms in total. The molecule has 0 fully saturated rings. The SMILES string of the molecule is COC(=O)c1cc(C=O)n2c(C=O)cccc12. The van der Waals surface area contributed by atoms with Crippen molar-refractivity contribution < 1.29 is 19.1 Å². The van der Waals surface area contributed by atoms with E-state index >= 15 is 0 Å². The second-order valence-electron chi connectivity index (χ2n) is 3.38. The van der Waals surface area contributed by atoms with Gasteiger partial charge in [-0.2, -0.15) is 0 Å². The summed E-state index contributed by atoms with van der Waals surface area (Å²) in [4.78, 5) is 33.3. The van der Waals surface area contributed by atoms with Gasteiger partial charge in [-0.3, -0.25) is 9.59 Å². The van der Waals surface area contributed by atoms with Gasteiger partial charge in [-0.15, -0.1) is 0 Å². The molecule has 2 heterocycles. The number of hydrogen-bond acceptors (Lipinski definition) is 4. The van der Waals surface area contributed by atoms with Crippen molar-refractivity contribution in [2.24, 2.45) is 0 Å². The maximum Gasteiger partial charge on any atom is 0.340 e. The lowest BCUT2D eigenvalue weighted by Gasteiger charge is -2.01. The Morgan fingerprint density at radius 3 is 2.53 bits per heavy atom. The molecular weight excluding hydrogens is 222 g/mol. The van der Waals surface area contributed by atoms with Crippen LogP contribution in [-0.2, 0) is 4.74 Å². The standard InChI is InChI=1S/C12H9NO4/c1-17-12(16)10-5-9(7-15)13-8(6-14)3-2-4-11(10)13/h2-7H,1H3. The molecule has 0 saturated heterocycles. The van der Waals surface area contributed by atoms with Gasteiger partial charge in [0.25, 0.3) is 0 Å². The zero-order valence-electron chi connectivity index (χ0n) is 9.04. The van der Waals surface area contributed by atoms with E-state index in [0.29, 0.717) is 23.8 Å². The number of carbonyl (C=O) groups excluding carboxylic acids is 3. The van der Waals surface area contributed by atoms with Crippen LogP contribution in [0.25, 0.3) is 5.52 Å². The fourth-order valence-corrected chi connectivity index (χ4v) is 1.76. The van der Waals surface area contributed by atoms with Crippen molar-refractivity contribution in [3.8, 4) is 0 Å². The van der Waals surface area contributed by atoms with Crippen LogP contribution in [-0.4, -0.2) is 30.1 Å². The molecule has 0 amide bonds. The lowest BCUT2D eigenvalue weighted by molar-refractivity contribution is 0.0603. The smallest absolute Gasteiger partial charge is 0.340 e. The average molecular weight is 231 g/mol. The number of hydrogen-bond donors (Lipinski definition) is 0. The highest BCUT2D eigenvalue weighted by Crippen LogP contribution is 2.18. The number of methoxy groups -OCH3 is 1. The summed E-state index contributed by atoms with van der Waals surface area (Å²) in [7, 11) is 1.26. The molecule has 0 aliphatic heterocycles. The predicted octanol–water partition coefficient (Wildman–Crippen LogP) is 1.35. The second kappa shape index (κ2) is 4.21. The third-order valence-corrected chi connectivity index (χ3v) is 2.49. The average Bonchev–Trinajstić information content (AvgIpc) is 2.76. The molecule has 0 aliphatic rings. The minimum atomic E-state index is -0.543. The predicted molar refractivity (Wildman–Crippen MR) is 59.5 cm³/mol. The maximum atomic E-state index is 11.5. The van der Waals surface area contributed by atoms with Crippen molar-refractivity contribution in [3.05, 3.63) is 41.2 Å². The number of carbonyl (C=O) groups is 3. The van der Waals surface area contributed by atoms with E-state index in [0.717, 1.165) is 0 Å². The molecule has 2 aromatic heterocycles. The van der Waals surface area contributed by atoms with Crippen molar-refractivity contribution in [2.75, 3.05) is 7.11 Å². The number of ether oxygens (including phenoxy) is 1. The van der Waals surface area contributed by atoms with Gasteiger partial charge in [-0.05, 0) is 18.2 Å². The van der Waals surface area contributed by atoms with Crippen LogP contribution in [0.5, 0.6) is 0 Å². The maximum absolute atomic E-state index is 11.5. The van der Waals surface area contributed by atoms with Gasteiger partial charge in [0.05, 0.1) is 29.6 Å². The lowest BCUT2D eigenvalue weighted by Crippen LogP contribution is -2.01. The molecule has 0 spiro atoms. The van der Waals surface area contributed by atoms with Gasteiger partial charge < -0.3 is 9.14 Å². The molecule has 0 bridgehead atoms. The number of aromatic nitrogens is 1. The molecule has 0 aromatic carbocycles. The highest BCUT2D eigenvalue weighted by atomic mass is 16.5. The van der Waals surface area contributed by atoms with Crippen LogP contribution in [0, 0.1) is 0 Å². The fraction of sp³-hybridized carbons (Fsp3) is 0.0833. The summed E-state index contributed by atoms with van der Waals surface area (Å²) in [6, 6.07) is 6.25. The summed E-state index contributed by atoms with van der Waals surface area (Å²) < 4.78 is 6.04. The van der Waals surface area contributed by atoms with Crippen LogP contribution in [0.4, 0.5) is 0 Å². The lowest BCUT2D eigenvalue weighted by atomic mass is 10.2. The van der Waals surface area contributed by atoms with E-state index in [9.17, 15) is 14.4 Å². The monoisotopic (exact) mass is 231 g/mol. The molecule has 0 saturated carbocycles. The van der Waals surface area contributed by atoms with E-state index < -0.39 is 5.97 Å². The molecule has 0 N–H and O–H groups in total. The summed E-state index contributed by atoms with van der Waals surface area (Å²) in [5, 5.41) is 0. The summed E-state index contributed by atoms with van der Waals surface area (Å²) in [5.74, 6) is -0.543. The van der Waals surface area contributed by atoms with Crippen LogP contribution >= 0.6 is 0 Å². The quantitative estimate of drug-likeness (QED) is 0.590. The first kappa shape index (κ1) is 11.1. The number of esters is 1. The first-order valence-corrected chi connectivity index (χ1v) is 4.86. The number of pyridine rings is 1. The van der Waals surface area contributed by atoms with Crippen molar-refractivity contribution in [1.29, 1.82) is 0 Å². The van der Waals surface area contributed by atoms with Crippen LogP contribution in [0.1, 0.15) is 31.3 Å². The minimum Gasteiger partial charge on any atom is -0.465 e. The first-order valence-electron chi connectivity index (χ1n) is 4.86. The van der Waals surface area contributed by atoms with Gasteiger partial charge in [0, 0.05) is 0 Å². The molecule has 0 radical (unpaired) electrons. The van der Waals surface area contributed by atoms with Gasteiger partial charge >= 0.3 is 5.97 Å². The Morgan fingerprint density at radius 2 is 1.94 bits per heavy atom. The molecule has 0 aliphatic carbocycles. The summed E-state index contributed by atoms with van der Waals surface area (Å²) in [6.45, 7) is 0. The fourth-order valence-electron chi connectivity index (χ4n) is 1.76. The highest BCUT2D eigenvalue weighted by molar-refractivity contribution is 6.00. The highest BCUT2D eigenvalue weighted by Gasteiger charge is 2.16. The van der Waals surface area contributed by atoms with E-state index in [4.69, 9.17) is 0 Å². The van der Waals surface area contributed by atoms with Gasteiger partial charge in [0.2, 0.25) is 0 Å². The molecule has 0 unspecified atom stereocenters. The van der Waals surface area contributed by atoms with Gasteiger partial charge in [0.1, 0.15) is 0 Å². The molecule has 86 valence electrons. The third kappa shape index (κ3) is 1.61. The zero-order valence-corrected chi connectivity index (χ0v) is 9.04. The number of nitrogens with zero attached hydrogens (tertiary/aromatic N) is 1. The molecule has 2 aromatic rings. The Labute approximate surface area is 96.6 Å². The zero-order chi connectivity index (χ0) is 12.4. The number of fused-ring (bicyclic) bond motifs is 1. The molecule has 5 heteroatoms. The number of aldehydes is 2. The van der Waals surface area contributed by atoms with E-state index in [1.807, 2.05) is 0 Å². The van der Waals surface area contributed by atoms with E-state index in [1.165, 1.54) is 17.6 Å². The summed E-state index contributed by atoms with van der Waals surface area (Å²) >= 11 is 0. The Balaban J connectivity index is 2.86.